The molecule has 0 fully saturated rings. The maximum atomic E-state index is 10.3. The van der Waals surface area contributed by atoms with Crippen molar-refractivity contribution in [1.29, 1.82) is 0 Å². The van der Waals surface area contributed by atoms with E-state index in [1.165, 1.54) is 11.8 Å². The molecule has 60 valence electrons. The number of hydrogen-bond acceptors (Lipinski definition) is 4. The van der Waals surface area contributed by atoms with Gasteiger partial charge in [-0.25, -0.2) is 0 Å². The highest BCUT2D eigenvalue weighted by molar-refractivity contribution is 8.93. The lowest BCUT2D eigenvalue weighted by atomic mass is 10.6. The maximum Gasteiger partial charge on any atom is 0.168 e. The first-order valence-electron chi connectivity index (χ1n) is 3.06. The van der Waals surface area contributed by atoms with E-state index >= 15 is 0 Å². The summed E-state index contributed by atoms with van der Waals surface area (Å²) in [6.45, 7) is 1.80. The summed E-state index contributed by atoms with van der Waals surface area (Å²) in [4.78, 5) is 17.2. The lowest BCUT2D eigenvalue weighted by molar-refractivity contribution is -0.104. The molecule has 2 aliphatic rings. The van der Waals surface area contributed by atoms with Gasteiger partial charge in [0.05, 0.1) is 11.4 Å². The van der Waals surface area contributed by atoms with Crippen molar-refractivity contribution in [1.82, 2.24) is 4.90 Å². The van der Waals surface area contributed by atoms with Crippen LogP contribution in [0.4, 0.5) is 0 Å². The van der Waals surface area contributed by atoms with Crippen molar-refractivity contribution in [3.63, 3.8) is 0 Å². The number of thioether (sulfide) groups is 1. The summed E-state index contributed by atoms with van der Waals surface area (Å²) in [7, 11) is 0. The molecule has 5 heteroatoms. The molecule has 0 radical (unpaired) electrons. The van der Waals surface area contributed by atoms with E-state index in [0.29, 0.717) is 0 Å². The van der Waals surface area contributed by atoms with E-state index in [9.17, 15) is 4.79 Å². The van der Waals surface area contributed by atoms with Gasteiger partial charge in [0, 0.05) is 12.7 Å². The molecule has 2 aliphatic heterocycles. The standard InChI is InChI=1S/C6H6N2OS.BrH/c9-4-5-3-8-2-1-7-6(8)10-5;/h3-4H,1-2H2;1H. The first-order valence-corrected chi connectivity index (χ1v) is 3.88. The Kier molecular flexibility index (Phi) is 2.72. The van der Waals surface area contributed by atoms with Gasteiger partial charge in [0.25, 0.3) is 0 Å². The van der Waals surface area contributed by atoms with Crippen LogP contribution in [0.5, 0.6) is 0 Å². The molecular formula is C6H7BrN2OS. The quantitative estimate of drug-likeness (QED) is 0.636. The SMILES string of the molecule is Br.O=CC1=CN2CCN=C2S1. The van der Waals surface area contributed by atoms with Gasteiger partial charge in [-0.3, -0.25) is 9.79 Å². The summed E-state index contributed by atoms with van der Waals surface area (Å²) >= 11 is 1.45. The number of aldehydes is 1. The number of nitrogens with zero attached hydrogens (tertiary/aromatic N) is 2. The van der Waals surface area contributed by atoms with Crippen LogP contribution >= 0.6 is 28.7 Å². The second-order valence-corrected chi connectivity index (χ2v) is 3.15. The smallest absolute Gasteiger partial charge is 0.168 e. The molecule has 2 rings (SSSR count). The second-order valence-electron chi connectivity index (χ2n) is 2.11. The van der Waals surface area contributed by atoms with Crippen molar-refractivity contribution in [3.05, 3.63) is 11.1 Å². The molecule has 11 heavy (non-hydrogen) atoms. The maximum absolute atomic E-state index is 10.3. The van der Waals surface area contributed by atoms with Gasteiger partial charge < -0.3 is 4.90 Å². The number of carbonyl (C=O) groups excluding carboxylic acids is 1. The molecular weight excluding hydrogens is 228 g/mol. The third-order valence-electron chi connectivity index (χ3n) is 1.44. The van der Waals surface area contributed by atoms with E-state index in [1.807, 2.05) is 11.1 Å². The molecule has 0 saturated heterocycles. The lowest BCUT2D eigenvalue weighted by Gasteiger charge is -2.04. The zero-order valence-electron chi connectivity index (χ0n) is 5.69. The summed E-state index contributed by atoms with van der Waals surface area (Å²) in [5.74, 6) is 0. The summed E-state index contributed by atoms with van der Waals surface area (Å²) in [6.07, 6.45) is 2.72. The summed E-state index contributed by atoms with van der Waals surface area (Å²) in [5.41, 5.74) is 0. The fourth-order valence-electron chi connectivity index (χ4n) is 0.990. The van der Waals surface area contributed by atoms with Crippen molar-refractivity contribution in [2.45, 2.75) is 0 Å². The Morgan fingerprint density at radius 1 is 1.73 bits per heavy atom. The largest absolute Gasteiger partial charge is 0.324 e. The van der Waals surface area contributed by atoms with Crippen LogP contribution in [0, 0.1) is 0 Å². The van der Waals surface area contributed by atoms with Crippen LogP contribution in [0.15, 0.2) is 16.1 Å². The van der Waals surface area contributed by atoms with Crippen molar-refractivity contribution in [2.24, 2.45) is 4.99 Å². The fraction of sp³-hybridized carbons (Fsp3) is 0.333. The molecule has 0 saturated carbocycles. The first-order chi connectivity index (χ1) is 4.90. The normalized spacial score (nSPS) is 20.2. The van der Waals surface area contributed by atoms with Crippen LogP contribution < -0.4 is 0 Å². The van der Waals surface area contributed by atoms with Gasteiger partial charge in [-0.15, -0.1) is 17.0 Å². The van der Waals surface area contributed by atoms with E-state index in [1.54, 1.807) is 0 Å². The van der Waals surface area contributed by atoms with Gasteiger partial charge >= 0.3 is 0 Å². The molecule has 0 aromatic rings. The molecule has 0 bridgehead atoms. The topological polar surface area (TPSA) is 32.7 Å². The monoisotopic (exact) mass is 234 g/mol. The Labute approximate surface area is 79.3 Å². The van der Waals surface area contributed by atoms with E-state index < -0.39 is 0 Å². The average Bonchev–Trinajstić information content (AvgIpc) is 2.42. The van der Waals surface area contributed by atoms with E-state index in [2.05, 4.69) is 4.99 Å². The number of rotatable bonds is 1. The predicted molar refractivity (Wildman–Crippen MR) is 51.1 cm³/mol. The van der Waals surface area contributed by atoms with Crippen molar-refractivity contribution in [3.8, 4) is 0 Å². The lowest BCUT2D eigenvalue weighted by Crippen LogP contribution is -2.14. The highest BCUT2D eigenvalue weighted by atomic mass is 79.9. The van der Waals surface area contributed by atoms with Crippen LogP contribution in [0.2, 0.25) is 0 Å². The van der Waals surface area contributed by atoms with Gasteiger partial charge in [0.2, 0.25) is 0 Å². The van der Waals surface area contributed by atoms with Crippen molar-refractivity contribution in [2.75, 3.05) is 13.1 Å². The molecule has 0 aromatic heterocycles. The van der Waals surface area contributed by atoms with Crippen molar-refractivity contribution >= 4 is 40.2 Å². The van der Waals surface area contributed by atoms with Crippen LogP contribution in [0.1, 0.15) is 0 Å². The van der Waals surface area contributed by atoms with Gasteiger partial charge in [-0.2, -0.15) is 0 Å². The average molecular weight is 235 g/mol. The van der Waals surface area contributed by atoms with Crippen molar-refractivity contribution < 1.29 is 4.79 Å². The Balaban J connectivity index is 0.000000605. The molecule has 0 atom stereocenters. The third kappa shape index (κ3) is 1.49. The molecule has 0 spiro atoms. The number of aliphatic imine (C=N–C) groups is 1. The second kappa shape index (κ2) is 3.40. The number of fused-ring (bicyclic) bond motifs is 1. The number of hydrogen-bond donors (Lipinski definition) is 0. The van der Waals surface area contributed by atoms with Crippen LogP contribution in [0.3, 0.4) is 0 Å². The van der Waals surface area contributed by atoms with Crippen LogP contribution in [-0.4, -0.2) is 29.4 Å². The number of carbonyl (C=O) groups is 1. The number of halogens is 1. The van der Waals surface area contributed by atoms with Gasteiger partial charge in [-0.1, -0.05) is 0 Å². The van der Waals surface area contributed by atoms with E-state index in [4.69, 9.17) is 0 Å². The predicted octanol–water partition coefficient (Wildman–Crippen LogP) is 1.02. The molecule has 0 unspecified atom stereocenters. The number of amidine groups is 1. The minimum Gasteiger partial charge on any atom is -0.324 e. The Morgan fingerprint density at radius 3 is 3.18 bits per heavy atom. The van der Waals surface area contributed by atoms with Gasteiger partial charge in [-0.05, 0) is 11.8 Å². The molecule has 0 aromatic carbocycles. The van der Waals surface area contributed by atoms with E-state index in [0.717, 1.165) is 29.4 Å². The third-order valence-corrected chi connectivity index (χ3v) is 2.43. The number of allylic oxidation sites excluding steroid dienone is 1. The zero-order chi connectivity index (χ0) is 6.97. The minimum atomic E-state index is 0. The Morgan fingerprint density at radius 2 is 2.55 bits per heavy atom. The van der Waals surface area contributed by atoms with E-state index in [-0.39, 0.29) is 17.0 Å². The highest BCUT2D eigenvalue weighted by Gasteiger charge is 2.23. The summed E-state index contributed by atoms with van der Waals surface area (Å²) in [6, 6.07) is 0. The van der Waals surface area contributed by atoms with Crippen LogP contribution in [0.25, 0.3) is 0 Å². The summed E-state index contributed by atoms with van der Waals surface area (Å²) in [5, 5.41) is 0.974. The highest BCUT2D eigenvalue weighted by Crippen LogP contribution is 2.28. The molecule has 0 N–H and O–H groups in total. The Hall–Kier alpha value is -0.290. The summed E-state index contributed by atoms with van der Waals surface area (Å²) < 4.78 is 0. The molecule has 0 aliphatic carbocycles. The first kappa shape index (κ1) is 8.80. The fourth-order valence-corrected chi connectivity index (χ4v) is 1.85. The Bertz CT molecular complexity index is 239. The van der Waals surface area contributed by atoms with Crippen LogP contribution in [-0.2, 0) is 4.79 Å². The minimum absolute atomic E-state index is 0. The van der Waals surface area contributed by atoms with Gasteiger partial charge in [0.15, 0.2) is 11.5 Å². The molecule has 2 heterocycles. The molecule has 3 nitrogen and oxygen atoms in total. The zero-order valence-corrected chi connectivity index (χ0v) is 8.22. The molecule has 0 amide bonds. The van der Waals surface area contributed by atoms with Gasteiger partial charge in [0.1, 0.15) is 0 Å².